The van der Waals surface area contributed by atoms with Crippen LogP contribution in [0, 0.1) is 3.57 Å². The molecule has 0 atom stereocenters. The van der Waals surface area contributed by atoms with Gasteiger partial charge in [0.2, 0.25) is 0 Å². The smallest absolute Gasteiger partial charge is 0.162 e. The van der Waals surface area contributed by atoms with Crippen LogP contribution in [0.1, 0.15) is 71.8 Å². The molecular weight excluding hydrogens is 377 g/mol. The molecular formula is C16H28IN3O. The zero-order valence-corrected chi connectivity index (χ0v) is 16.2. The highest BCUT2D eigenvalue weighted by Crippen LogP contribution is 2.34. The van der Waals surface area contributed by atoms with Crippen molar-refractivity contribution in [2.45, 2.75) is 65.9 Å². The Bertz CT molecular complexity index is 459. The molecule has 1 heterocycles. The second-order valence-electron chi connectivity index (χ2n) is 5.41. The van der Waals surface area contributed by atoms with E-state index in [2.05, 4.69) is 62.5 Å². The monoisotopic (exact) mass is 405 g/mol. The standard InChI is InChI=1S/C16H28IN3O/c1-7-16(8-2,21-10-4)15-19-13(11(5)6)12(17)14(20-15)18-9-3/h11H,7-10H2,1-6H3,(H,18,19,20). The molecule has 0 amide bonds. The van der Waals surface area contributed by atoms with E-state index in [1.807, 2.05) is 6.92 Å². The molecule has 0 aliphatic carbocycles. The Morgan fingerprint density at radius 2 is 1.76 bits per heavy atom. The Balaban J connectivity index is 3.46. The highest BCUT2D eigenvalue weighted by molar-refractivity contribution is 14.1. The topological polar surface area (TPSA) is 47.0 Å². The zero-order chi connectivity index (χ0) is 16.0. The lowest BCUT2D eigenvalue weighted by molar-refractivity contribution is -0.0572. The number of aromatic nitrogens is 2. The number of halogens is 1. The second-order valence-corrected chi connectivity index (χ2v) is 6.49. The summed E-state index contributed by atoms with van der Waals surface area (Å²) in [6.07, 6.45) is 1.75. The average molecular weight is 405 g/mol. The lowest BCUT2D eigenvalue weighted by Gasteiger charge is -2.31. The maximum Gasteiger partial charge on any atom is 0.162 e. The lowest BCUT2D eigenvalue weighted by atomic mass is 9.95. The van der Waals surface area contributed by atoms with Gasteiger partial charge in [0.1, 0.15) is 11.4 Å². The highest BCUT2D eigenvalue weighted by Gasteiger charge is 2.34. The molecule has 0 aromatic carbocycles. The average Bonchev–Trinajstić information content (AvgIpc) is 2.47. The van der Waals surface area contributed by atoms with Crippen LogP contribution < -0.4 is 5.32 Å². The van der Waals surface area contributed by atoms with Crippen molar-refractivity contribution in [2.24, 2.45) is 0 Å². The Morgan fingerprint density at radius 1 is 1.14 bits per heavy atom. The summed E-state index contributed by atoms with van der Waals surface area (Å²) in [6.45, 7) is 14.3. The van der Waals surface area contributed by atoms with Crippen LogP contribution in [-0.2, 0) is 10.3 Å². The minimum atomic E-state index is -0.382. The molecule has 1 N–H and O–H groups in total. The third-order valence-corrected chi connectivity index (χ3v) is 4.80. The predicted molar refractivity (Wildman–Crippen MR) is 96.9 cm³/mol. The summed E-state index contributed by atoms with van der Waals surface area (Å²) in [5.74, 6) is 2.11. The molecule has 1 aromatic heterocycles. The lowest BCUT2D eigenvalue weighted by Crippen LogP contribution is -2.32. The normalized spacial score (nSPS) is 12.0. The maximum absolute atomic E-state index is 6.07. The Labute approximate surface area is 142 Å². The minimum Gasteiger partial charge on any atom is -0.369 e. The van der Waals surface area contributed by atoms with Crippen molar-refractivity contribution in [3.05, 3.63) is 15.1 Å². The van der Waals surface area contributed by atoms with Crippen molar-refractivity contribution in [3.8, 4) is 0 Å². The quantitative estimate of drug-likeness (QED) is 0.638. The van der Waals surface area contributed by atoms with E-state index < -0.39 is 0 Å². The summed E-state index contributed by atoms with van der Waals surface area (Å²) < 4.78 is 7.18. The van der Waals surface area contributed by atoms with Crippen LogP contribution in [0.2, 0.25) is 0 Å². The Kier molecular flexibility index (Phi) is 7.33. The minimum absolute atomic E-state index is 0.365. The van der Waals surface area contributed by atoms with Crippen LogP contribution in [0.25, 0.3) is 0 Å². The number of nitrogens with zero attached hydrogens (tertiary/aromatic N) is 2. The van der Waals surface area contributed by atoms with E-state index in [1.165, 1.54) is 0 Å². The Morgan fingerprint density at radius 3 is 2.19 bits per heavy atom. The van der Waals surface area contributed by atoms with E-state index in [-0.39, 0.29) is 5.60 Å². The molecule has 0 aliphatic rings. The highest BCUT2D eigenvalue weighted by atomic mass is 127. The van der Waals surface area contributed by atoms with Crippen molar-refractivity contribution >= 4 is 28.4 Å². The van der Waals surface area contributed by atoms with Crippen molar-refractivity contribution in [1.82, 2.24) is 9.97 Å². The van der Waals surface area contributed by atoms with Crippen LogP contribution in [0.3, 0.4) is 0 Å². The number of anilines is 1. The molecule has 0 unspecified atom stereocenters. The third-order valence-electron chi connectivity index (χ3n) is 3.74. The number of ether oxygens (including phenoxy) is 1. The van der Waals surface area contributed by atoms with E-state index >= 15 is 0 Å². The van der Waals surface area contributed by atoms with Gasteiger partial charge in [0, 0.05) is 13.2 Å². The molecule has 0 aliphatic heterocycles. The van der Waals surface area contributed by atoms with E-state index in [0.29, 0.717) is 12.5 Å². The molecule has 0 fully saturated rings. The van der Waals surface area contributed by atoms with Crippen LogP contribution in [-0.4, -0.2) is 23.1 Å². The summed E-state index contributed by atoms with van der Waals surface area (Å²) in [6, 6.07) is 0. The summed E-state index contributed by atoms with van der Waals surface area (Å²) in [4.78, 5) is 9.65. The predicted octanol–water partition coefficient (Wildman–Crippen LogP) is 4.69. The zero-order valence-electron chi connectivity index (χ0n) is 14.1. The van der Waals surface area contributed by atoms with Gasteiger partial charge >= 0.3 is 0 Å². The largest absolute Gasteiger partial charge is 0.369 e. The fraction of sp³-hybridized carbons (Fsp3) is 0.750. The molecule has 0 saturated heterocycles. The first kappa shape index (κ1) is 18.6. The number of hydrogen-bond donors (Lipinski definition) is 1. The molecule has 0 spiro atoms. The first-order valence-electron chi connectivity index (χ1n) is 7.91. The number of nitrogens with one attached hydrogen (secondary N) is 1. The van der Waals surface area contributed by atoms with E-state index in [0.717, 1.165) is 40.3 Å². The van der Waals surface area contributed by atoms with Crippen LogP contribution in [0.15, 0.2) is 0 Å². The van der Waals surface area contributed by atoms with Gasteiger partial charge in [-0.15, -0.1) is 0 Å². The van der Waals surface area contributed by atoms with Crippen molar-refractivity contribution in [2.75, 3.05) is 18.5 Å². The van der Waals surface area contributed by atoms with Gasteiger partial charge in [0.05, 0.1) is 9.26 Å². The Hall–Kier alpha value is -0.430. The van der Waals surface area contributed by atoms with Crippen molar-refractivity contribution < 1.29 is 4.74 Å². The van der Waals surface area contributed by atoms with E-state index in [9.17, 15) is 0 Å². The van der Waals surface area contributed by atoms with Gasteiger partial charge in [-0.3, -0.25) is 0 Å². The fourth-order valence-corrected chi connectivity index (χ4v) is 3.50. The molecule has 0 bridgehead atoms. The van der Waals surface area contributed by atoms with Crippen LogP contribution >= 0.6 is 22.6 Å². The third kappa shape index (κ3) is 4.06. The van der Waals surface area contributed by atoms with Crippen LogP contribution in [0.5, 0.6) is 0 Å². The molecule has 0 saturated carbocycles. The van der Waals surface area contributed by atoms with E-state index in [4.69, 9.17) is 14.7 Å². The first-order valence-corrected chi connectivity index (χ1v) is 8.99. The molecule has 1 aromatic rings. The van der Waals surface area contributed by atoms with Gasteiger partial charge in [-0.25, -0.2) is 9.97 Å². The summed E-state index contributed by atoms with van der Waals surface area (Å²) in [5.41, 5.74) is 0.718. The summed E-state index contributed by atoms with van der Waals surface area (Å²) in [7, 11) is 0. The van der Waals surface area contributed by atoms with Crippen LogP contribution in [0.4, 0.5) is 5.82 Å². The molecule has 5 heteroatoms. The van der Waals surface area contributed by atoms with Gasteiger partial charge in [-0.05, 0) is 55.2 Å². The molecule has 120 valence electrons. The van der Waals surface area contributed by atoms with Gasteiger partial charge in [-0.2, -0.15) is 0 Å². The fourth-order valence-electron chi connectivity index (χ4n) is 2.45. The summed E-state index contributed by atoms with van der Waals surface area (Å²) in [5, 5.41) is 3.36. The van der Waals surface area contributed by atoms with Gasteiger partial charge in [0.15, 0.2) is 5.82 Å². The molecule has 4 nitrogen and oxygen atoms in total. The van der Waals surface area contributed by atoms with Crippen molar-refractivity contribution in [1.29, 1.82) is 0 Å². The maximum atomic E-state index is 6.07. The van der Waals surface area contributed by atoms with Gasteiger partial charge in [0.25, 0.3) is 0 Å². The SMILES string of the molecule is CCNc1nc(C(CC)(CC)OCC)nc(C(C)C)c1I. The van der Waals surface area contributed by atoms with Crippen molar-refractivity contribution in [3.63, 3.8) is 0 Å². The summed E-state index contributed by atoms with van der Waals surface area (Å²) >= 11 is 2.34. The van der Waals surface area contributed by atoms with Gasteiger partial charge < -0.3 is 10.1 Å². The second kappa shape index (κ2) is 8.27. The number of rotatable bonds is 8. The van der Waals surface area contributed by atoms with Gasteiger partial charge in [-0.1, -0.05) is 27.7 Å². The molecule has 1 rings (SSSR count). The molecule has 0 radical (unpaired) electrons. The first-order chi connectivity index (χ1) is 9.95. The number of hydrogen-bond acceptors (Lipinski definition) is 4. The molecule has 21 heavy (non-hydrogen) atoms. The van der Waals surface area contributed by atoms with E-state index in [1.54, 1.807) is 0 Å².